The minimum atomic E-state index is 0. The molecule has 0 saturated carbocycles. The smallest absolute Gasteiger partial charge is 1.00 e. The number of hydrogen-bond donors (Lipinski definition) is 0. The van der Waals surface area contributed by atoms with Crippen molar-refractivity contribution in [2.24, 2.45) is 0 Å². The zero-order valence-corrected chi connectivity index (χ0v) is 4.16. The summed E-state index contributed by atoms with van der Waals surface area (Å²) in [5, 5.41) is 0. The van der Waals surface area contributed by atoms with E-state index in [0.717, 1.165) is 0 Å². The zero-order valence-electron chi connectivity index (χ0n) is 1.54. The molecule has 0 spiro atoms. The Morgan fingerprint density at radius 3 is 0.500 bits per heavy atom. The van der Waals surface area contributed by atoms with Gasteiger partial charge in [-0.05, 0) is 0 Å². The van der Waals surface area contributed by atoms with Gasteiger partial charge in [0.15, 0.2) is 0 Å². The number of hydrogen-bond acceptors (Lipinski definition) is 0. The third kappa shape index (κ3) is 11.1. The summed E-state index contributed by atoms with van der Waals surface area (Å²) in [5.41, 5.74) is 0. The largest absolute Gasteiger partial charge is 3.00 e. The molecule has 0 N–H and O–H groups in total. The second kappa shape index (κ2) is 31.8. The third-order valence-electron chi connectivity index (χ3n) is 0. The van der Waals surface area contributed by atoms with Gasteiger partial charge in [0.2, 0.25) is 0 Å². The molecule has 0 saturated heterocycles. The van der Waals surface area contributed by atoms with Gasteiger partial charge < -0.3 is 14.1 Å². The van der Waals surface area contributed by atoms with Crippen LogP contribution < -0.4 is 14.1 Å². The molecule has 0 aliphatic heterocycles. The van der Waals surface area contributed by atoms with Crippen LogP contribution in [0.5, 0.6) is 0 Å². The van der Waals surface area contributed by atoms with E-state index in [-0.39, 0.29) is 54.5 Å². The van der Waals surface area contributed by atoms with E-state index in [1.54, 1.807) is 0 Å². The van der Waals surface area contributed by atoms with Crippen molar-refractivity contribution in [1.29, 1.82) is 0 Å². The van der Waals surface area contributed by atoms with Gasteiger partial charge in [0.1, 0.15) is 0 Å². The molecule has 0 aliphatic rings. The van der Waals surface area contributed by atoms with E-state index in [1.807, 2.05) is 0 Å². The molecule has 0 aromatic carbocycles. The summed E-state index contributed by atoms with van der Waals surface area (Å²) in [5.74, 6) is 0. The molecule has 0 aromatic rings. The van der Waals surface area contributed by atoms with Crippen molar-refractivity contribution >= 4 is 0 Å². The molecule has 0 nitrogen and oxygen atoms in total. The monoisotopic (exact) mass is 209 g/mol. The van der Waals surface area contributed by atoms with E-state index in [9.17, 15) is 0 Å². The van der Waals surface area contributed by atoms with Gasteiger partial charge in [-0.1, -0.05) is 0 Å². The summed E-state index contributed by atoms with van der Waals surface area (Å²) in [6, 6.07) is 0. The molecule has 27 valence electrons. The molecule has 0 rings (SSSR count). The van der Waals surface area contributed by atoms with Crippen molar-refractivity contribution in [3.8, 4) is 0 Å². The van der Waals surface area contributed by atoms with Crippen LogP contribution in [0.3, 0.4) is 0 Å². The van der Waals surface area contributed by atoms with Crippen LogP contribution in [0.1, 0.15) is 0 Å². The van der Waals surface area contributed by atoms with Gasteiger partial charge in [0.25, 0.3) is 0 Å². The fourth-order valence-corrected chi connectivity index (χ4v) is 0. The summed E-state index contributed by atoms with van der Waals surface area (Å²) in [4.78, 5) is 0. The summed E-state index contributed by atoms with van der Waals surface area (Å²) in [6.07, 6.45) is 0. The first kappa shape index (κ1) is 68.7. The quantitative estimate of drug-likeness (QED) is 0.370. The fourth-order valence-electron chi connectivity index (χ4n) is 0. The molecular weight excluding hydrogens is 207 g/mol. The maximum Gasteiger partial charge on any atom is 3.00 e. The average molecular weight is 207 g/mol. The molecule has 0 atom stereocenters. The Balaban J connectivity index is 0. The van der Waals surface area contributed by atoms with Crippen LogP contribution in [0, 0.1) is 40.4 Å². The van der Waals surface area contributed by atoms with Crippen molar-refractivity contribution in [1.82, 2.24) is 0 Å². The number of rotatable bonds is 0. The molecule has 0 aliphatic carbocycles. The minimum absolute atomic E-state index is 0. The first-order valence-electron chi connectivity index (χ1n) is 0. The second-order valence-corrected chi connectivity index (χ2v) is 0. The van der Waals surface area contributed by atoms with Crippen molar-refractivity contribution in [2.75, 3.05) is 0 Å². The van der Waals surface area contributed by atoms with Crippen LogP contribution >= 0.6 is 0 Å². The van der Waals surface area contributed by atoms with E-state index < -0.39 is 0 Å². The van der Waals surface area contributed by atoms with Crippen LogP contribution in [0.2, 0.25) is 0 Å². The first-order chi connectivity index (χ1) is 0. The predicted octanol–water partition coefficient (Wildman–Crippen LogP) is -8.99. The maximum absolute atomic E-state index is 0. The van der Waals surface area contributed by atoms with Gasteiger partial charge in [-0.3, -0.25) is 0 Å². The molecule has 0 amide bonds. The topological polar surface area (TPSA) is 0 Å². The minimum Gasteiger partial charge on any atom is -1.00 e. The molecule has 0 fully saturated rings. The Kier molecular flexibility index (Phi) is 545. The van der Waals surface area contributed by atoms with Crippen molar-refractivity contribution in [3.63, 3.8) is 0 Å². The maximum atomic E-state index is 0. The van der Waals surface area contributed by atoms with Gasteiger partial charge in [0, 0.05) is 0 Å². The normalized spacial score (nSPS) is 0. The third-order valence-corrected chi connectivity index (χ3v) is 0. The zero-order chi connectivity index (χ0) is 0. The second-order valence-electron chi connectivity index (χ2n) is 0. The van der Waals surface area contributed by atoms with Crippen LogP contribution in [0.15, 0.2) is 0 Å². The van der Waals surface area contributed by atoms with Crippen LogP contribution in [-0.4, -0.2) is 0 Å². The van der Waals surface area contributed by atoms with E-state index in [1.165, 1.54) is 0 Å². The average Bonchev–Trinajstić information content (AvgIpc) is 0. The van der Waals surface area contributed by atoms with Gasteiger partial charge >= 0.3 is 40.4 Å². The number of halogens is 3. The molecule has 0 unspecified atom stereocenters. The summed E-state index contributed by atoms with van der Waals surface area (Å²) in [6.45, 7) is 0. The fraction of sp³-hybridized carbons (Fsp3) is 0. The van der Waals surface area contributed by atoms with E-state index in [4.69, 9.17) is 0 Å². The van der Waals surface area contributed by atoms with E-state index in [0.29, 0.717) is 0 Å². The van der Waals surface area contributed by atoms with Crippen LogP contribution in [-0.2, 0) is 0 Å². The van der Waals surface area contributed by atoms with E-state index in [2.05, 4.69) is 0 Å². The van der Waals surface area contributed by atoms with Crippen molar-refractivity contribution in [3.05, 3.63) is 0 Å². The molecule has 0 aromatic heterocycles. The van der Waals surface area contributed by atoms with E-state index >= 15 is 0 Å². The Morgan fingerprint density at radius 1 is 0.500 bits per heavy atom. The van der Waals surface area contributed by atoms with Gasteiger partial charge in [-0.25, -0.2) is 0 Å². The molecule has 4 heteroatoms. The van der Waals surface area contributed by atoms with Crippen molar-refractivity contribution < 1.29 is 54.5 Å². The molecule has 4 heavy (non-hydrogen) atoms. The van der Waals surface area contributed by atoms with Crippen LogP contribution in [0.4, 0.5) is 0 Å². The molecular formula is F3Sm. The molecule has 1 radical (unpaired) electrons. The Labute approximate surface area is 54.2 Å². The Morgan fingerprint density at radius 2 is 0.500 bits per heavy atom. The Bertz CT molecular complexity index is 3.25. The van der Waals surface area contributed by atoms with Gasteiger partial charge in [-0.2, -0.15) is 0 Å². The predicted molar refractivity (Wildman–Crippen MR) is 0 cm³/mol. The van der Waals surface area contributed by atoms with Gasteiger partial charge in [-0.15, -0.1) is 0 Å². The summed E-state index contributed by atoms with van der Waals surface area (Å²) >= 11 is 0. The SMILES string of the molecule is [F-].[F-].[F-].[Sm+3]. The molecule has 0 heterocycles. The van der Waals surface area contributed by atoms with Crippen molar-refractivity contribution in [2.45, 2.75) is 0 Å². The summed E-state index contributed by atoms with van der Waals surface area (Å²) < 4.78 is 0. The molecule has 0 bridgehead atoms. The standard InChI is InChI=1S/3FH.Sm/h3*1H;/q;;;+3/p-3. The summed E-state index contributed by atoms with van der Waals surface area (Å²) in [7, 11) is 0. The Hall–Kier alpha value is 1.13. The van der Waals surface area contributed by atoms with Gasteiger partial charge in [0.05, 0.1) is 0 Å². The first-order valence-corrected chi connectivity index (χ1v) is 0. The van der Waals surface area contributed by atoms with Crippen LogP contribution in [0.25, 0.3) is 0 Å².